The number of hydrogen-bond donors (Lipinski definition) is 1. The monoisotopic (exact) mass is 313 g/mol. The van der Waals surface area contributed by atoms with Gasteiger partial charge in [-0.3, -0.25) is 0 Å². The van der Waals surface area contributed by atoms with Crippen LogP contribution in [0.4, 0.5) is 0 Å². The van der Waals surface area contributed by atoms with Crippen molar-refractivity contribution in [1.29, 1.82) is 0 Å². The maximum Gasteiger partial charge on any atom is 0.0560 e. The molecule has 16 heavy (non-hydrogen) atoms. The Balaban J connectivity index is 2.10. The maximum absolute atomic E-state index is 5.82. The number of rotatable bonds is 4. The SMILES string of the molecule is NCC(Sc1ccc(Br)cc1)c1cccs1. The highest BCUT2D eigenvalue weighted by Crippen LogP contribution is 2.36. The van der Waals surface area contributed by atoms with Crippen molar-refractivity contribution in [3.8, 4) is 0 Å². The molecule has 2 aromatic rings. The van der Waals surface area contributed by atoms with Gasteiger partial charge in [0, 0.05) is 20.8 Å². The zero-order chi connectivity index (χ0) is 11.4. The average molecular weight is 314 g/mol. The first kappa shape index (κ1) is 12.2. The Labute approximate surface area is 112 Å². The molecular weight excluding hydrogens is 302 g/mol. The van der Waals surface area contributed by atoms with Crippen molar-refractivity contribution in [2.45, 2.75) is 10.1 Å². The van der Waals surface area contributed by atoms with Gasteiger partial charge in [-0.25, -0.2) is 0 Å². The van der Waals surface area contributed by atoms with Crippen molar-refractivity contribution in [1.82, 2.24) is 0 Å². The van der Waals surface area contributed by atoms with Gasteiger partial charge in [-0.05, 0) is 35.7 Å². The zero-order valence-electron chi connectivity index (χ0n) is 8.60. The van der Waals surface area contributed by atoms with Crippen LogP contribution >= 0.6 is 39.0 Å². The fraction of sp³-hybridized carbons (Fsp3) is 0.167. The highest BCUT2D eigenvalue weighted by atomic mass is 79.9. The van der Waals surface area contributed by atoms with Crippen LogP contribution in [0.1, 0.15) is 10.1 Å². The molecule has 0 amide bonds. The van der Waals surface area contributed by atoms with Crippen molar-refractivity contribution >= 4 is 39.0 Å². The third-order valence-electron chi connectivity index (χ3n) is 2.17. The molecule has 0 fully saturated rings. The maximum atomic E-state index is 5.82. The summed E-state index contributed by atoms with van der Waals surface area (Å²) in [5.41, 5.74) is 5.82. The summed E-state index contributed by atoms with van der Waals surface area (Å²) in [6, 6.07) is 12.6. The summed E-state index contributed by atoms with van der Waals surface area (Å²) in [5.74, 6) is 0. The Kier molecular flexibility index (Phi) is 4.46. The van der Waals surface area contributed by atoms with E-state index in [-0.39, 0.29) is 0 Å². The summed E-state index contributed by atoms with van der Waals surface area (Å²) in [6.07, 6.45) is 0. The molecule has 1 aromatic heterocycles. The van der Waals surface area contributed by atoms with Crippen LogP contribution in [0.2, 0.25) is 0 Å². The molecule has 2 rings (SSSR count). The highest BCUT2D eigenvalue weighted by molar-refractivity contribution is 9.10. The van der Waals surface area contributed by atoms with E-state index in [2.05, 4.69) is 57.7 Å². The second kappa shape index (κ2) is 5.87. The van der Waals surface area contributed by atoms with Crippen molar-refractivity contribution < 1.29 is 0 Å². The largest absolute Gasteiger partial charge is 0.329 e. The molecule has 1 unspecified atom stereocenters. The molecule has 1 nitrogen and oxygen atoms in total. The number of benzene rings is 1. The molecule has 0 bridgehead atoms. The van der Waals surface area contributed by atoms with Crippen LogP contribution in [-0.2, 0) is 0 Å². The fourth-order valence-electron chi connectivity index (χ4n) is 1.37. The quantitative estimate of drug-likeness (QED) is 0.851. The van der Waals surface area contributed by atoms with Crippen LogP contribution in [0.3, 0.4) is 0 Å². The highest BCUT2D eigenvalue weighted by Gasteiger charge is 2.11. The Morgan fingerprint density at radius 2 is 2.00 bits per heavy atom. The van der Waals surface area contributed by atoms with Gasteiger partial charge >= 0.3 is 0 Å². The molecule has 4 heteroatoms. The fourth-order valence-corrected chi connectivity index (χ4v) is 3.58. The lowest BCUT2D eigenvalue weighted by Crippen LogP contribution is -2.07. The van der Waals surface area contributed by atoms with E-state index >= 15 is 0 Å². The average Bonchev–Trinajstić information content (AvgIpc) is 2.82. The van der Waals surface area contributed by atoms with Gasteiger partial charge in [-0.2, -0.15) is 0 Å². The Hall–Kier alpha value is -0.290. The van der Waals surface area contributed by atoms with E-state index in [1.54, 1.807) is 11.3 Å². The van der Waals surface area contributed by atoms with Crippen LogP contribution in [0, 0.1) is 0 Å². The summed E-state index contributed by atoms with van der Waals surface area (Å²) in [4.78, 5) is 2.60. The van der Waals surface area contributed by atoms with E-state index < -0.39 is 0 Å². The van der Waals surface area contributed by atoms with Crippen molar-refractivity contribution in [2.75, 3.05) is 6.54 Å². The summed E-state index contributed by atoms with van der Waals surface area (Å²) in [6.45, 7) is 0.668. The molecule has 1 aromatic carbocycles. The minimum Gasteiger partial charge on any atom is -0.329 e. The van der Waals surface area contributed by atoms with Crippen LogP contribution in [0.25, 0.3) is 0 Å². The zero-order valence-corrected chi connectivity index (χ0v) is 11.8. The van der Waals surface area contributed by atoms with Gasteiger partial charge in [0.15, 0.2) is 0 Å². The number of nitrogens with two attached hydrogens (primary N) is 1. The molecule has 84 valence electrons. The molecule has 0 aliphatic rings. The van der Waals surface area contributed by atoms with Crippen molar-refractivity contribution in [2.24, 2.45) is 5.73 Å². The Morgan fingerprint density at radius 1 is 1.25 bits per heavy atom. The van der Waals surface area contributed by atoms with Gasteiger partial charge in [0.2, 0.25) is 0 Å². The first-order valence-corrected chi connectivity index (χ1v) is 7.50. The lowest BCUT2D eigenvalue weighted by Gasteiger charge is -2.12. The van der Waals surface area contributed by atoms with E-state index in [0.29, 0.717) is 11.8 Å². The molecule has 0 spiro atoms. The number of hydrogen-bond acceptors (Lipinski definition) is 3. The van der Waals surface area contributed by atoms with Gasteiger partial charge in [0.1, 0.15) is 0 Å². The lowest BCUT2D eigenvalue weighted by molar-refractivity contribution is 0.960. The molecule has 0 aliphatic carbocycles. The van der Waals surface area contributed by atoms with Gasteiger partial charge in [0.05, 0.1) is 5.25 Å². The van der Waals surface area contributed by atoms with Crippen molar-refractivity contribution in [3.63, 3.8) is 0 Å². The predicted molar refractivity (Wildman–Crippen MR) is 76.1 cm³/mol. The van der Waals surface area contributed by atoms with Gasteiger partial charge in [-0.1, -0.05) is 22.0 Å². The number of halogens is 1. The molecule has 0 aliphatic heterocycles. The third kappa shape index (κ3) is 3.10. The molecule has 0 saturated carbocycles. The molecular formula is C12H12BrNS2. The van der Waals surface area contributed by atoms with Crippen LogP contribution in [0.15, 0.2) is 51.1 Å². The normalized spacial score (nSPS) is 12.6. The molecule has 0 saturated heterocycles. The first-order chi connectivity index (χ1) is 7.79. The van der Waals surface area contributed by atoms with Gasteiger partial charge in [0.25, 0.3) is 0 Å². The van der Waals surface area contributed by atoms with E-state index in [1.165, 1.54) is 9.77 Å². The van der Waals surface area contributed by atoms with E-state index in [4.69, 9.17) is 5.73 Å². The van der Waals surface area contributed by atoms with Crippen LogP contribution in [-0.4, -0.2) is 6.54 Å². The van der Waals surface area contributed by atoms with E-state index in [9.17, 15) is 0 Å². The first-order valence-electron chi connectivity index (χ1n) is 4.95. The third-order valence-corrected chi connectivity index (χ3v) is 5.11. The summed E-state index contributed by atoms with van der Waals surface area (Å²) in [5, 5.41) is 2.46. The summed E-state index contributed by atoms with van der Waals surface area (Å²) in [7, 11) is 0. The Bertz CT molecular complexity index is 425. The second-order valence-corrected chi connectivity index (χ2v) is 6.48. The molecule has 1 heterocycles. The van der Waals surface area contributed by atoms with Crippen LogP contribution in [0.5, 0.6) is 0 Å². The summed E-state index contributed by atoms with van der Waals surface area (Å²) < 4.78 is 1.11. The molecule has 0 radical (unpaired) electrons. The minimum atomic E-state index is 0.362. The number of thiophene rings is 1. The second-order valence-electron chi connectivity index (χ2n) is 3.31. The van der Waals surface area contributed by atoms with Crippen molar-refractivity contribution in [3.05, 3.63) is 51.1 Å². The van der Waals surface area contributed by atoms with E-state index in [0.717, 1.165) is 4.47 Å². The minimum absolute atomic E-state index is 0.362. The standard InChI is InChI=1S/C12H12BrNS2/c13-9-3-5-10(6-4-9)16-12(8-14)11-2-1-7-15-11/h1-7,12H,8,14H2. The van der Waals surface area contributed by atoms with Crippen LogP contribution < -0.4 is 5.73 Å². The van der Waals surface area contributed by atoms with E-state index in [1.807, 2.05) is 11.8 Å². The number of thioether (sulfide) groups is 1. The summed E-state index contributed by atoms with van der Waals surface area (Å²) >= 11 is 7.02. The lowest BCUT2D eigenvalue weighted by atomic mass is 10.3. The molecule has 1 atom stereocenters. The van der Waals surface area contributed by atoms with Gasteiger partial charge in [-0.15, -0.1) is 23.1 Å². The molecule has 2 N–H and O–H groups in total. The van der Waals surface area contributed by atoms with Gasteiger partial charge < -0.3 is 5.73 Å². The predicted octanol–water partition coefficient (Wildman–Crippen LogP) is 4.30. The Morgan fingerprint density at radius 3 is 2.56 bits per heavy atom. The smallest absolute Gasteiger partial charge is 0.0560 e. The topological polar surface area (TPSA) is 26.0 Å².